The molecular formula is C15H14F2N2O. The number of amides is 1. The molecule has 104 valence electrons. The largest absolute Gasteiger partial charge is 0.396 e. The van der Waals surface area contributed by atoms with Crippen molar-refractivity contribution in [3.05, 3.63) is 65.2 Å². The second kappa shape index (κ2) is 5.69. The van der Waals surface area contributed by atoms with E-state index in [0.717, 1.165) is 17.7 Å². The molecule has 0 aliphatic heterocycles. The predicted molar refractivity (Wildman–Crippen MR) is 73.1 cm³/mol. The van der Waals surface area contributed by atoms with Gasteiger partial charge in [-0.3, -0.25) is 4.79 Å². The van der Waals surface area contributed by atoms with Crippen molar-refractivity contribution in [3.63, 3.8) is 0 Å². The molecule has 0 saturated carbocycles. The van der Waals surface area contributed by atoms with Crippen molar-refractivity contribution in [2.45, 2.75) is 13.0 Å². The van der Waals surface area contributed by atoms with Crippen molar-refractivity contribution in [2.75, 3.05) is 5.73 Å². The van der Waals surface area contributed by atoms with Gasteiger partial charge in [0.15, 0.2) is 5.82 Å². The van der Waals surface area contributed by atoms with E-state index in [1.165, 1.54) is 0 Å². The van der Waals surface area contributed by atoms with Gasteiger partial charge in [0.1, 0.15) is 5.82 Å². The first kappa shape index (κ1) is 14.0. The van der Waals surface area contributed by atoms with E-state index in [2.05, 4.69) is 5.32 Å². The molecule has 0 saturated heterocycles. The summed E-state index contributed by atoms with van der Waals surface area (Å²) < 4.78 is 26.9. The van der Waals surface area contributed by atoms with E-state index in [1.54, 1.807) is 6.92 Å². The van der Waals surface area contributed by atoms with Crippen molar-refractivity contribution in [1.82, 2.24) is 5.32 Å². The molecule has 2 aromatic carbocycles. The van der Waals surface area contributed by atoms with Crippen LogP contribution in [-0.4, -0.2) is 5.91 Å². The molecule has 5 heteroatoms. The van der Waals surface area contributed by atoms with Crippen molar-refractivity contribution < 1.29 is 13.6 Å². The maximum absolute atomic E-state index is 13.7. The number of carbonyl (C=O) groups is 1. The monoisotopic (exact) mass is 276 g/mol. The number of nitrogens with two attached hydrogens (primary N) is 1. The lowest BCUT2D eigenvalue weighted by atomic mass is 10.1. The van der Waals surface area contributed by atoms with Gasteiger partial charge in [-0.1, -0.05) is 30.3 Å². The van der Waals surface area contributed by atoms with Crippen LogP contribution in [0.25, 0.3) is 0 Å². The highest BCUT2D eigenvalue weighted by Gasteiger charge is 2.18. The summed E-state index contributed by atoms with van der Waals surface area (Å²) in [5.74, 6) is -2.37. The first-order valence-electron chi connectivity index (χ1n) is 6.09. The van der Waals surface area contributed by atoms with E-state index in [9.17, 15) is 13.6 Å². The van der Waals surface area contributed by atoms with Gasteiger partial charge in [-0.2, -0.15) is 0 Å². The van der Waals surface area contributed by atoms with Gasteiger partial charge in [0.2, 0.25) is 0 Å². The molecule has 1 atom stereocenters. The average Bonchev–Trinajstić information content (AvgIpc) is 2.43. The molecule has 3 nitrogen and oxygen atoms in total. The molecule has 20 heavy (non-hydrogen) atoms. The predicted octanol–water partition coefficient (Wildman–Crippen LogP) is 3.04. The van der Waals surface area contributed by atoms with Gasteiger partial charge >= 0.3 is 0 Å². The summed E-state index contributed by atoms with van der Waals surface area (Å²) in [6.45, 7) is 1.76. The SMILES string of the molecule is CC(NC(=O)c1cc(F)cc(N)c1F)c1ccccc1. The van der Waals surface area contributed by atoms with Crippen LogP contribution >= 0.6 is 0 Å². The van der Waals surface area contributed by atoms with Gasteiger partial charge < -0.3 is 11.1 Å². The van der Waals surface area contributed by atoms with Crippen molar-refractivity contribution in [3.8, 4) is 0 Å². The highest BCUT2D eigenvalue weighted by Crippen LogP contribution is 2.19. The van der Waals surface area contributed by atoms with Crippen LogP contribution in [0.4, 0.5) is 14.5 Å². The smallest absolute Gasteiger partial charge is 0.254 e. The Morgan fingerprint density at radius 3 is 2.50 bits per heavy atom. The zero-order valence-electron chi connectivity index (χ0n) is 10.9. The molecule has 0 heterocycles. The van der Waals surface area contributed by atoms with Crippen LogP contribution in [0.2, 0.25) is 0 Å². The molecule has 0 spiro atoms. The van der Waals surface area contributed by atoms with Crippen molar-refractivity contribution in [2.24, 2.45) is 0 Å². The number of halogens is 2. The molecule has 2 aromatic rings. The summed E-state index contributed by atoms with van der Waals surface area (Å²) in [6, 6.07) is 10.5. The summed E-state index contributed by atoms with van der Waals surface area (Å²) in [6.07, 6.45) is 0. The highest BCUT2D eigenvalue weighted by molar-refractivity contribution is 5.95. The van der Waals surface area contributed by atoms with E-state index >= 15 is 0 Å². The molecule has 2 rings (SSSR count). The minimum atomic E-state index is -0.913. The van der Waals surface area contributed by atoms with Crippen molar-refractivity contribution >= 4 is 11.6 Å². The maximum atomic E-state index is 13.7. The van der Waals surface area contributed by atoms with E-state index in [-0.39, 0.29) is 11.7 Å². The molecule has 1 unspecified atom stereocenters. The Bertz CT molecular complexity index is 629. The number of hydrogen-bond acceptors (Lipinski definition) is 2. The fraction of sp³-hybridized carbons (Fsp3) is 0.133. The molecule has 0 aliphatic rings. The summed E-state index contributed by atoms with van der Waals surface area (Å²) in [4.78, 5) is 12.0. The second-order valence-corrected chi connectivity index (χ2v) is 4.46. The molecule has 0 aliphatic carbocycles. The number of hydrogen-bond donors (Lipinski definition) is 2. The standard InChI is InChI=1S/C15H14F2N2O/c1-9(10-5-3-2-4-6-10)19-15(20)12-7-11(16)8-13(18)14(12)17/h2-9H,18H2,1H3,(H,19,20). The topological polar surface area (TPSA) is 55.1 Å². The van der Waals surface area contributed by atoms with Crippen LogP contribution in [0.3, 0.4) is 0 Å². The van der Waals surface area contributed by atoms with Crippen LogP contribution in [-0.2, 0) is 0 Å². The van der Waals surface area contributed by atoms with Crippen LogP contribution < -0.4 is 11.1 Å². The minimum absolute atomic E-state index is 0.326. The van der Waals surface area contributed by atoms with Gasteiger partial charge in [0.25, 0.3) is 5.91 Å². The van der Waals surface area contributed by atoms with Gasteiger partial charge in [-0.05, 0) is 24.6 Å². The lowest BCUT2D eigenvalue weighted by Crippen LogP contribution is -2.27. The van der Waals surface area contributed by atoms with Crippen LogP contribution in [0, 0.1) is 11.6 Å². The van der Waals surface area contributed by atoms with Crippen LogP contribution in [0.1, 0.15) is 28.9 Å². The van der Waals surface area contributed by atoms with Gasteiger partial charge in [0, 0.05) is 0 Å². The first-order valence-corrected chi connectivity index (χ1v) is 6.09. The third-order valence-electron chi connectivity index (χ3n) is 2.96. The van der Waals surface area contributed by atoms with Gasteiger partial charge in [0.05, 0.1) is 17.3 Å². The Hall–Kier alpha value is -2.43. The lowest BCUT2D eigenvalue weighted by Gasteiger charge is -2.15. The Balaban J connectivity index is 2.21. The lowest BCUT2D eigenvalue weighted by molar-refractivity contribution is 0.0935. The quantitative estimate of drug-likeness (QED) is 0.847. The summed E-state index contributed by atoms with van der Waals surface area (Å²) in [5, 5.41) is 2.61. The molecular weight excluding hydrogens is 262 g/mol. The van der Waals surface area contributed by atoms with Gasteiger partial charge in [-0.15, -0.1) is 0 Å². The highest BCUT2D eigenvalue weighted by atomic mass is 19.1. The normalized spacial score (nSPS) is 11.9. The average molecular weight is 276 g/mol. The van der Waals surface area contributed by atoms with Crippen LogP contribution in [0.5, 0.6) is 0 Å². The van der Waals surface area contributed by atoms with Crippen molar-refractivity contribution in [1.29, 1.82) is 0 Å². The number of rotatable bonds is 3. The van der Waals surface area contributed by atoms with E-state index < -0.39 is 23.1 Å². The summed E-state index contributed by atoms with van der Waals surface area (Å²) in [7, 11) is 0. The molecule has 0 fully saturated rings. The summed E-state index contributed by atoms with van der Waals surface area (Å²) >= 11 is 0. The molecule has 0 bridgehead atoms. The number of benzene rings is 2. The number of carbonyl (C=O) groups excluding carboxylic acids is 1. The Labute approximate surface area is 115 Å². The zero-order chi connectivity index (χ0) is 14.7. The van der Waals surface area contributed by atoms with E-state index in [0.29, 0.717) is 0 Å². The Morgan fingerprint density at radius 1 is 1.20 bits per heavy atom. The fourth-order valence-corrected chi connectivity index (χ4v) is 1.87. The number of nitrogens with one attached hydrogen (secondary N) is 1. The zero-order valence-corrected chi connectivity index (χ0v) is 10.9. The summed E-state index contributed by atoms with van der Waals surface area (Å²) in [5.41, 5.74) is 5.39. The number of nitrogen functional groups attached to an aromatic ring is 1. The number of anilines is 1. The fourth-order valence-electron chi connectivity index (χ4n) is 1.87. The van der Waals surface area contributed by atoms with E-state index in [1.807, 2.05) is 30.3 Å². The molecule has 0 radical (unpaired) electrons. The molecule has 3 N–H and O–H groups in total. The maximum Gasteiger partial charge on any atom is 0.254 e. The Morgan fingerprint density at radius 2 is 1.85 bits per heavy atom. The van der Waals surface area contributed by atoms with Crippen LogP contribution in [0.15, 0.2) is 42.5 Å². The molecule has 0 aromatic heterocycles. The third kappa shape index (κ3) is 2.93. The van der Waals surface area contributed by atoms with Gasteiger partial charge in [-0.25, -0.2) is 8.78 Å². The van der Waals surface area contributed by atoms with E-state index in [4.69, 9.17) is 5.73 Å². The first-order chi connectivity index (χ1) is 9.49. The minimum Gasteiger partial charge on any atom is -0.396 e. The second-order valence-electron chi connectivity index (χ2n) is 4.46. The molecule has 1 amide bonds. The Kier molecular flexibility index (Phi) is 3.98. The third-order valence-corrected chi connectivity index (χ3v) is 2.96.